The third kappa shape index (κ3) is 6.16. The molecule has 34 heavy (non-hydrogen) atoms. The van der Waals surface area contributed by atoms with Gasteiger partial charge in [-0.2, -0.15) is 0 Å². The van der Waals surface area contributed by atoms with Crippen LogP contribution in [0, 0.1) is 22.7 Å². The van der Waals surface area contributed by atoms with Crippen molar-refractivity contribution in [1.29, 1.82) is 0 Å². The van der Waals surface area contributed by atoms with Crippen LogP contribution < -0.4 is 10.6 Å². The summed E-state index contributed by atoms with van der Waals surface area (Å²) in [4.78, 5) is 39.8. The number of ether oxygens (including phenoxy) is 2. The van der Waals surface area contributed by atoms with Crippen molar-refractivity contribution < 1.29 is 37.7 Å². The predicted molar refractivity (Wildman–Crippen MR) is 120 cm³/mol. The van der Waals surface area contributed by atoms with E-state index in [0.29, 0.717) is 6.54 Å². The summed E-state index contributed by atoms with van der Waals surface area (Å²) in [6.45, 7) is 10.4. The summed E-state index contributed by atoms with van der Waals surface area (Å²) < 4.78 is 37.5. The van der Waals surface area contributed by atoms with Crippen molar-refractivity contribution in [2.24, 2.45) is 22.7 Å². The number of amides is 3. The molecule has 2 rings (SSSR count). The van der Waals surface area contributed by atoms with E-state index in [2.05, 4.69) is 10.6 Å². The van der Waals surface area contributed by atoms with Gasteiger partial charge in [-0.05, 0) is 36.0 Å². The maximum atomic E-state index is 13.5. The molecule has 0 bridgehead atoms. The lowest BCUT2D eigenvalue weighted by molar-refractivity contribution is -0.149. The molecular weight excluding hydrogens is 452 g/mol. The first-order valence-electron chi connectivity index (χ1n) is 11.5. The molecule has 0 aromatic carbocycles. The van der Waals surface area contributed by atoms with Gasteiger partial charge in [0.15, 0.2) is 6.29 Å². The van der Waals surface area contributed by atoms with Gasteiger partial charge in [-0.25, -0.2) is 13.6 Å². The number of nitrogens with zero attached hydrogens (tertiary/aromatic N) is 1. The molecule has 0 unspecified atom stereocenters. The van der Waals surface area contributed by atoms with Crippen molar-refractivity contribution in [2.75, 3.05) is 20.8 Å². The number of alkyl halides is 2. The molecular formula is C23H39F2N3O6. The van der Waals surface area contributed by atoms with Crippen molar-refractivity contribution in [3.8, 4) is 0 Å². The molecule has 2 aliphatic rings. The number of hydrogen-bond acceptors (Lipinski definition) is 5. The van der Waals surface area contributed by atoms with Crippen LogP contribution in [-0.4, -0.2) is 79.0 Å². The summed E-state index contributed by atoms with van der Waals surface area (Å²) in [5.41, 5.74) is -0.907. The standard InChI is InChI=1S/C23H39F2N3O6/c1-21(2,3)16(27-20(31)32)18(30)28-11-12-14(22(12,4)5)15(28)17(29)26-13(19(33-7)34-8)9-10-23(6,24)25/h12-16,19,27H,9-11H2,1-8H3,(H,26,29)(H,31,32)/t12-,13-,14-,15-,16+/m0/s1. The average Bonchev–Trinajstić information content (AvgIpc) is 3.03. The first kappa shape index (κ1) is 28.2. The quantitative estimate of drug-likeness (QED) is 0.405. The number of rotatable bonds is 10. The zero-order valence-corrected chi connectivity index (χ0v) is 21.3. The molecule has 5 atom stereocenters. The first-order valence-corrected chi connectivity index (χ1v) is 11.5. The molecule has 1 saturated heterocycles. The van der Waals surface area contributed by atoms with Crippen LogP contribution in [0.15, 0.2) is 0 Å². The highest BCUT2D eigenvalue weighted by molar-refractivity contribution is 5.93. The molecule has 1 heterocycles. The third-order valence-electron chi connectivity index (χ3n) is 7.16. The summed E-state index contributed by atoms with van der Waals surface area (Å²) >= 11 is 0. The maximum Gasteiger partial charge on any atom is 0.405 e. The number of carbonyl (C=O) groups is 3. The number of carbonyl (C=O) groups excluding carboxylic acids is 2. The van der Waals surface area contributed by atoms with Crippen molar-refractivity contribution >= 4 is 17.9 Å². The van der Waals surface area contributed by atoms with E-state index >= 15 is 0 Å². The molecule has 2 fully saturated rings. The van der Waals surface area contributed by atoms with E-state index in [-0.39, 0.29) is 23.7 Å². The van der Waals surface area contributed by atoms with Gasteiger partial charge in [-0.3, -0.25) is 9.59 Å². The fourth-order valence-electron chi connectivity index (χ4n) is 5.13. The number of hydrogen-bond donors (Lipinski definition) is 3. The average molecular weight is 492 g/mol. The molecule has 1 aliphatic heterocycles. The van der Waals surface area contributed by atoms with E-state index in [1.807, 2.05) is 13.8 Å². The fraction of sp³-hybridized carbons (Fsp3) is 0.870. The smallest absolute Gasteiger partial charge is 0.405 e. The van der Waals surface area contributed by atoms with Crippen LogP contribution >= 0.6 is 0 Å². The van der Waals surface area contributed by atoms with Crippen LogP contribution in [0.1, 0.15) is 54.4 Å². The van der Waals surface area contributed by atoms with Crippen LogP contribution in [0.4, 0.5) is 13.6 Å². The molecule has 11 heteroatoms. The lowest BCUT2D eigenvalue weighted by Crippen LogP contribution is -2.60. The van der Waals surface area contributed by atoms with Crippen LogP contribution in [-0.2, 0) is 19.1 Å². The molecule has 0 aromatic rings. The van der Waals surface area contributed by atoms with Crippen LogP contribution in [0.5, 0.6) is 0 Å². The summed E-state index contributed by atoms with van der Waals surface area (Å²) in [6.07, 6.45) is -2.86. The number of carboxylic acid groups (broad SMARTS) is 1. The van der Waals surface area contributed by atoms with Gasteiger partial charge in [0.1, 0.15) is 12.1 Å². The Bertz CT molecular complexity index is 776. The summed E-state index contributed by atoms with van der Waals surface area (Å²) in [5, 5.41) is 14.3. The minimum absolute atomic E-state index is 0.0803. The Labute approximate surface area is 199 Å². The van der Waals surface area contributed by atoms with Gasteiger partial charge in [-0.15, -0.1) is 0 Å². The van der Waals surface area contributed by atoms with Gasteiger partial charge >= 0.3 is 6.09 Å². The lowest BCUT2D eigenvalue weighted by Gasteiger charge is -2.38. The minimum atomic E-state index is -2.93. The van der Waals surface area contributed by atoms with Crippen LogP contribution in [0.25, 0.3) is 0 Å². The molecule has 1 aliphatic carbocycles. The molecule has 9 nitrogen and oxygen atoms in total. The maximum absolute atomic E-state index is 13.5. The topological polar surface area (TPSA) is 117 Å². The largest absolute Gasteiger partial charge is 0.465 e. The summed E-state index contributed by atoms with van der Waals surface area (Å²) in [5.74, 6) is -3.95. The molecule has 1 saturated carbocycles. The monoisotopic (exact) mass is 491 g/mol. The van der Waals surface area contributed by atoms with E-state index in [1.54, 1.807) is 20.8 Å². The van der Waals surface area contributed by atoms with Gasteiger partial charge in [0.2, 0.25) is 17.7 Å². The van der Waals surface area contributed by atoms with E-state index in [0.717, 1.165) is 6.92 Å². The zero-order valence-electron chi connectivity index (χ0n) is 21.3. The van der Waals surface area contributed by atoms with Crippen molar-refractivity contribution in [2.45, 2.75) is 84.7 Å². The van der Waals surface area contributed by atoms with E-state index < -0.39 is 60.1 Å². The molecule has 0 spiro atoms. The number of piperidine rings is 1. The molecule has 3 N–H and O–H groups in total. The Hall–Kier alpha value is -2.01. The van der Waals surface area contributed by atoms with Crippen molar-refractivity contribution in [3.05, 3.63) is 0 Å². The zero-order chi connectivity index (χ0) is 26.2. The highest BCUT2D eigenvalue weighted by Crippen LogP contribution is 2.65. The Morgan fingerprint density at radius 3 is 2.12 bits per heavy atom. The summed E-state index contributed by atoms with van der Waals surface area (Å²) in [6, 6.07) is -2.77. The van der Waals surface area contributed by atoms with Crippen molar-refractivity contribution in [3.63, 3.8) is 0 Å². The Kier molecular flexibility index (Phi) is 8.24. The Balaban J connectivity index is 2.30. The van der Waals surface area contributed by atoms with Gasteiger partial charge in [0.25, 0.3) is 0 Å². The first-order chi connectivity index (χ1) is 15.5. The van der Waals surface area contributed by atoms with Crippen LogP contribution in [0.2, 0.25) is 0 Å². The molecule has 0 aromatic heterocycles. The number of halogens is 2. The normalized spacial score (nSPS) is 25.5. The number of methoxy groups -OCH3 is 2. The molecule has 3 amide bonds. The number of nitrogens with one attached hydrogen (secondary N) is 2. The Morgan fingerprint density at radius 2 is 1.68 bits per heavy atom. The second-order valence-electron chi connectivity index (χ2n) is 11.2. The third-order valence-corrected chi connectivity index (χ3v) is 7.16. The lowest BCUT2D eigenvalue weighted by atomic mass is 9.85. The highest BCUT2D eigenvalue weighted by Gasteiger charge is 2.69. The van der Waals surface area contributed by atoms with Crippen molar-refractivity contribution in [1.82, 2.24) is 15.5 Å². The van der Waals surface area contributed by atoms with Gasteiger partial charge in [-0.1, -0.05) is 34.6 Å². The fourth-order valence-corrected chi connectivity index (χ4v) is 5.13. The van der Waals surface area contributed by atoms with E-state index in [4.69, 9.17) is 9.47 Å². The van der Waals surface area contributed by atoms with E-state index in [9.17, 15) is 28.3 Å². The van der Waals surface area contributed by atoms with Gasteiger partial charge in [0, 0.05) is 27.2 Å². The van der Waals surface area contributed by atoms with Gasteiger partial charge < -0.3 is 30.1 Å². The Morgan fingerprint density at radius 1 is 1.12 bits per heavy atom. The predicted octanol–water partition coefficient (Wildman–Crippen LogP) is 2.69. The van der Waals surface area contributed by atoms with Crippen LogP contribution in [0.3, 0.4) is 0 Å². The number of likely N-dealkylation sites (tertiary alicyclic amines) is 1. The summed E-state index contributed by atoms with van der Waals surface area (Å²) in [7, 11) is 2.71. The molecule has 0 radical (unpaired) electrons. The second-order valence-corrected chi connectivity index (χ2v) is 11.2. The SMILES string of the molecule is COC(OC)[C@H](CCC(C)(F)F)NC(=O)[C@@H]1[C@@H]2[C@H](CN1C(=O)[C@@H](NC(=O)O)C(C)(C)C)C2(C)C. The highest BCUT2D eigenvalue weighted by atomic mass is 19.3. The second kappa shape index (κ2) is 9.93. The molecule has 196 valence electrons. The van der Waals surface area contributed by atoms with E-state index in [1.165, 1.54) is 19.1 Å². The number of fused-ring (bicyclic) bond motifs is 1. The minimum Gasteiger partial charge on any atom is -0.465 e. The van der Waals surface area contributed by atoms with Gasteiger partial charge in [0.05, 0.1) is 6.04 Å².